The van der Waals surface area contributed by atoms with Crippen LogP contribution in [0.15, 0.2) is 30.3 Å². The van der Waals surface area contributed by atoms with Crippen LogP contribution in [0.2, 0.25) is 0 Å². The topological polar surface area (TPSA) is 32.3 Å². The summed E-state index contributed by atoms with van der Waals surface area (Å²) < 4.78 is 0. The number of aryl methyl sites for hydroxylation is 1. The van der Waals surface area contributed by atoms with Crippen LogP contribution in [0.3, 0.4) is 0 Å². The highest BCUT2D eigenvalue weighted by molar-refractivity contribution is 7.99. The Morgan fingerprint density at radius 1 is 1.17 bits per heavy atom. The van der Waals surface area contributed by atoms with Gasteiger partial charge in [-0.15, -0.1) is 0 Å². The highest BCUT2D eigenvalue weighted by Gasteiger charge is 2.27. The molecule has 1 amide bonds. The van der Waals surface area contributed by atoms with Crippen LogP contribution in [0.25, 0.3) is 0 Å². The Balaban J connectivity index is 1.27. The van der Waals surface area contributed by atoms with E-state index >= 15 is 0 Å². The Labute approximate surface area is 150 Å². The molecule has 4 heteroatoms. The molecule has 24 heavy (non-hydrogen) atoms. The minimum atomic E-state index is 0.223. The molecule has 1 aromatic rings. The van der Waals surface area contributed by atoms with Gasteiger partial charge < -0.3 is 5.32 Å². The van der Waals surface area contributed by atoms with Crippen LogP contribution >= 0.6 is 11.8 Å². The third-order valence-corrected chi connectivity index (χ3v) is 6.52. The van der Waals surface area contributed by atoms with Crippen LogP contribution in [-0.2, 0) is 11.2 Å². The van der Waals surface area contributed by atoms with Gasteiger partial charge in [0.25, 0.3) is 0 Å². The fourth-order valence-corrected chi connectivity index (χ4v) is 5.03. The number of hydrogen-bond acceptors (Lipinski definition) is 3. The molecule has 0 saturated carbocycles. The van der Waals surface area contributed by atoms with Crippen molar-refractivity contribution < 1.29 is 4.79 Å². The first-order chi connectivity index (χ1) is 11.8. The molecule has 3 nitrogen and oxygen atoms in total. The lowest BCUT2D eigenvalue weighted by atomic mass is 9.95. The van der Waals surface area contributed by atoms with Crippen molar-refractivity contribution in [2.45, 2.75) is 44.6 Å². The van der Waals surface area contributed by atoms with Crippen LogP contribution in [-0.4, -0.2) is 48.0 Å². The summed E-state index contributed by atoms with van der Waals surface area (Å²) in [7, 11) is 0. The standard InChI is InChI=1S/C20H30N2OS/c23-20(8-4-7-17-5-2-1-3-6-17)21-15-18-9-12-22(13-10-18)19-11-14-24-16-19/h1-3,5-6,18-19H,4,7-16H2,(H,21,23). The van der Waals surface area contributed by atoms with Crippen molar-refractivity contribution in [1.82, 2.24) is 10.2 Å². The molecular formula is C20H30N2OS. The number of nitrogens with zero attached hydrogens (tertiary/aromatic N) is 1. The Hall–Kier alpha value is -1.00. The van der Waals surface area contributed by atoms with Crippen LogP contribution in [0.4, 0.5) is 0 Å². The second kappa shape index (κ2) is 9.47. The molecular weight excluding hydrogens is 316 g/mol. The normalized spacial score (nSPS) is 22.6. The summed E-state index contributed by atoms with van der Waals surface area (Å²) in [5.41, 5.74) is 1.32. The monoisotopic (exact) mass is 346 g/mol. The molecule has 0 aliphatic carbocycles. The number of benzene rings is 1. The highest BCUT2D eigenvalue weighted by atomic mass is 32.2. The minimum absolute atomic E-state index is 0.223. The summed E-state index contributed by atoms with van der Waals surface area (Å²) in [6, 6.07) is 11.2. The molecule has 132 valence electrons. The van der Waals surface area contributed by atoms with E-state index in [4.69, 9.17) is 0 Å². The largest absolute Gasteiger partial charge is 0.356 e. The fraction of sp³-hybridized carbons (Fsp3) is 0.650. The van der Waals surface area contributed by atoms with Crippen molar-refractivity contribution in [2.75, 3.05) is 31.1 Å². The number of piperidine rings is 1. The van der Waals surface area contributed by atoms with Crippen LogP contribution in [0.5, 0.6) is 0 Å². The number of likely N-dealkylation sites (tertiary alicyclic amines) is 1. The Morgan fingerprint density at radius 3 is 2.67 bits per heavy atom. The summed E-state index contributed by atoms with van der Waals surface area (Å²) in [5.74, 6) is 3.56. The van der Waals surface area contributed by atoms with Gasteiger partial charge in [0.2, 0.25) is 5.91 Å². The SMILES string of the molecule is O=C(CCCc1ccccc1)NCC1CCN(C2CCSC2)CC1. The smallest absolute Gasteiger partial charge is 0.220 e. The first-order valence-electron chi connectivity index (χ1n) is 9.43. The molecule has 2 aliphatic rings. The van der Waals surface area contributed by atoms with Gasteiger partial charge in [0.05, 0.1) is 0 Å². The Morgan fingerprint density at radius 2 is 1.96 bits per heavy atom. The Bertz CT molecular complexity index is 494. The van der Waals surface area contributed by atoms with E-state index in [0.29, 0.717) is 12.3 Å². The number of thioether (sulfide) groups is 1. The van der Waals surface area contributed by atoms with Crippen molar-refractivity contribution in [3.8, 4) is 0 Å². The summed E-state index contributed by atoms with van der Waals surface area (Å²) in [6.07, 6.45) is 6.43. The van der Waals surface area contributed by atoms with Gasteiger partial charge in [0, 0.05) is 24.8 Å². The Kier molecular flexibility index (Phi) is 7.03. The molecule has 1 aromatic carbocycles. The van der Waals surface area contributed by atoms with Gasteiger partial charge in [-0.05, 0) is 62.4 Å². The van der Waals surface area contributed by atoms with E-state index in [2.05, 4.69) is 46.2 Å². The van der Waals surface area contributed by atoms with E-state index in [0.717, 1.165) is 25.4 Å². The molecule has 0 aromatic heterocycles. The van der Waals surface area contributed by atoms with E-state index in [1.165, 1.54) is 49.4 Å². The van der Waals surface area contributed by atoms with E-state index in [9.17, 15) is 4.79 Å². The van der Waals surface area contributed by atoms with Crippen LogP contribution in [0, 0.1) is 5.92 Å². The summed E-state index contributed by atoms with van der Waals surface area (Å²) >= 11 is 2.10. The van der Waals surface area contributed by atoms with Crippen molar-refractivity contribution >= 4 is 17.7 Å². The lowest BCUT2D eigenvalue weighted by Crippen LogP contribution is -2.43. The van der Waals surface area contributed by atoms with Crippen LogP contribution < -0.4 is 5.32 Å². The number of rotatable bonds is 7. The zero-order valence-corrected chi connectivity index (χ0v) is 15.4. The molecule has 2 heterocycles. The van der Waals surface area contributed by atoms with Crippen molar-refractivity contribution in [1.29, 1.82) is 0 Å². The zero-order chi connectivity index (χ0) is 16.6. The second-order valence-electron chi connectivity index (χ2n) is 7.14. The third-order valence-electron chi connectivity index (χ3n) is 5.37. The quantitative estimate of drug-likeness (QED) is 0.822. The zero-order valence-electron chi connectivity index (χ0n) is 14.6. The van der Waals surface area contributed by atoms with Gasteiger partial charge in [-0.2, -0.15) is 11.8 Å². The number of amides is 1. The average Bonchev–Trinajstić information content (AvgIpc) is 3.16. The maximum Gasteiger partial charge on any atom is 0.220 e. The van der Waals surface area contributed by atoms with Gasteiger partial charge in [0.15, 0.2) is 0 Å². The lowest BCUT2D eigenvalue weighted by Gasteiger charge is -2.35. The van der Waals surface area contributed by atoms with E-state index in [1.807, 2.05) is 6.07 Å². The predicted octanol–water partition coefficient (Wildman–Crippen LogP) is 3.34. The molecule has 1 atom stereocenters. The highest BCUT2D eigenvalue weighted by Crippen LogP contribution is 2.26. The lowest BCUT2D eigenvalue weighted by molar-refractivity contribution is -0.121. The van der Waals surface area contributed by atoms with Crippen molar-refractivity contribution in [3.63, 3.8) is 0 Å². The maximum atomic E-state index is 12.0. The first kappa shape index (κ1) is 17.8. The molecule has 1 unspecified atom stereocenters. The fourth-order valence-electron chi connectivity index (χ4n) is 3.78. The average molecular weight is 347 g/mol. The molecule has 1 N–H and O–H groups in total. The van der Waals surface area contributed by atoms with Crippen molar-refractivity contribution in [2.24, 2.45) is 5.92 Å². The molecule has 0 spiro atoms. The van der Waals surface area contributed by atoms with Gasteiger partial charge >= 0.3 is 0 Å². The molecule has 0 radical (unpaired) electrons. The van der Waals surface area contributed by atoms with E-state index in [1.54, 1.807) is 0 Å². The minimum Gasteiger partial charge on any atom is -0.356 e. The molecule has 2 saturated heterocycles. The van der Waals surface area contributed by atoms with Crippen molar-refractivity contribution in [3.05, 3.63) is 35.9 Å². The van der Waals surface area contributed by atoms with Gasteiger partial charge in [-0.25, -0.2) is 0 Å². The number of hydrogen-bond donors (Lipinski definition) is 1. The predicted molar refractivity (Wildman–Crippen MR) is 102 cm³/mol. The molecule has 2 aliphatic heterocycles. The summed E-state index contributed by atoms with van der Waals surface area (Å²) in [6.45, 7) is 3.32. The summed E-state index contributed by atoms with van der Waals surface area (Å²) in [5, 5.41) is 3.16. The maximum absolute atomic E-state index is 12.0. The van der Waals surface area contributed by atoms with Gasteiger partial charge in [-0.1, -0.05) is 30.3 Å². The van der Waals surface area contributed by atoms with Gasteiger partial charge in [0.1, 0.15) is 0 Å². The second-order valence-corrected chi connectivity index (χ2v) is 8.29. The van der Waals surface area contributed by atoms with E-state index in [-0.39, 0.29) is 5.91 Å². The molecule has 2 fully saturated rings. The number of nitrogens with one attached hydrogen (secondary N) is 1. The number of carbonyl (C=O) groups excluding carboxylic acids is 1. The van der Waals surface area contributed by atoms with E-state index < -0.39 is 0 Å². The molecule has 3 rings (SSSR count). The molecule has 0 bridgehead atoms. The summed E-state index contributed by atoms with van der Waals surface area (Å²) in [4.78, 5) is 14.7. The van der Waals surface area contributed by atoms with Gasteiger partial charge in [-0.3, -0.25) is 9.69 Å². The number of carbonyl (C=O) groups is 1. The van der Waals surface area contributed by atoms with Crippen LogP contribution in [0.1, 0.15) is 37.7 Å². The first-order valence-corrected chi connectivity index (χ1v) is 10.6. The third kappa shape index (κ3) is 5.52.